The maximum Gasteiger partial charge on any atom is 0.0972 e. The van der Waals surface area contributed by atoms with Gasteiger partial charge in [0.1, 0.15) is 0 Å². The van der Waals surface area contributed by atoms with Crippen LogP contribution >= 0.6 is 0 Å². The zero-order valence-electron chi connectivity index (χ0n) is 24.3. The summed E-state index contributed by atoms with van der Waals surface area (Å²) in [4.78, 5) is 10.3. The van der Waals surface area contributed by atoms with Crippen LogP contribution in [-0.2, 0) is 0 Å². The summed E-state index contributed by atoms with van der Waals surface area (Å²) in [5, 5.41) is 12.3. The second-order valence-electron chi connectivity index (χ2n) is 11.8. The van der Waals surface area contributed by atoms with E-state index in [0.717, 1.165) is 49.8 Å². The average molecular weight is 572 g/mol. The number of hydrogen-bond donors (Lipinski definition) is 0. The van der Waals surface area contributed by atoms with Gasteiger partial charge in [0, 0.05) is 32.8 Å². The van der Waals surface area contributed by atoms with E-state index in [0.29, 0.717) is 0 Å². The molecule has 10 rings (SSSR count). The normalized spacial score (nSPS) is 12.0. The van der Waals surface area contributed by atoms with Crippen molar-refractivity contribution in [2.24, 2.45) is 0 Å². The molecule has 0 spiro atoms. The van der Waals surface area contributed by atoms with Gasteiger partial charge in [-0.1, -0.05) is 121 Å². The number of fused-ring (bicyclic) bond motifs is 13. The Balaban J connectivity index is 1.28. The van der Waals surface area contributed by atoms with Crippen LogP contribution in [-0.4, -0.2) is 14.5 Å². The van der Waals surface area contributed by atoms with Gasteiger partial charge in [0.05, 0.1) is 34.0 Å². The fourth-order valence-corrected chi connectivity index (χ4v) is 7.38. The third kappa shape index (κ3) is 3.46. The lowest BCUT2D eigenvalue weighted by molar-refractivity contribution is 1.18. The third-order valence-electron chi connectivity index (χ3n) is 9.39. The first-order valence-corrected chi connectivity index (χ1v) is 15.3. The molecule has 0 amide bonds. The van der Waals surface area contributed by atoms with Crippen LogP contribution in [0.3, 0.4) is 0 Å². The first-order chi connectivity index (χ1) is 22.3. The van der Waals surface area contributed by atoms with Gasteiger partial charge in [-0.05, 0) is 56.6 Å². The molecule has 3 heteroatoms. The van der Waals surface area contributed by atoms with E-state index in [1.807, 2.05) is 12.3 Å². The standard InChI is InChI=1S/C42H25N3/c1-2-10-26(11-3-1)37-23-19-27-18-21-35-40-34-16-8-9-17-38(34)45(39(40)25-43-42(35)41(27)44-37)28-20-22-33-31-14-5-4-12-29(31)30-13-6-7-15-32(30)36(33)24-28/h1-25H. The molecule has 0 N–H and O–H groups in total. The molecule has 3 heterocycles. The maximum atomic E-state index is 5.14. The lowest BCUT2D eigenvalue weighted by Crippen LogP contribution is -1.95. The Kier molecular flexibility index (Phi) is 5.00. The molecule has 0 radical (unpaired) electrons. The average Bonchev–Trinajstić information content (AvgIpc) is 3.46. The summed E-state index contributed by atoms with van der Waals surface area (Å²) in [7, 11) is 0. The summed E-state index contributed by atoms with van der Waals surface area (Å²) >= 11 is 0. The van der Waals surface area contributed by atoms with Crippen molar-refractivity contribution < 1.29 is 0 Å². The van der Waals surface area contributed by atoms with Crippen LogP contribution in [0.5, 0.6) is 0 Å². The first kappa shape index (κ1) is 24.4. The predicted octanol–water partition coefficient (Wildman–Crippen LogP) is 11.0. The van der Waals surface area contributed by atoms with Gasteiger partial charge in [-0.25, -0.2) is 4.98 Å². The highest BCUT2D eigenvalue weighted by atomic mass is 15.0. The molecule has 208 valence electrons. The Morgan fingerprint density at radius 1 is 0.422 bits per heavy atom. The highest BCUT2D eigenvalue weighted by Gasteiger charge is 2.18. The molecule has 0 fully saturated rings. The van der Waals surface area contributed by atoms with Gasteiger partial charge in [0.25, 0.3) is 0 Å². The van der Waals surface area contributed by atoms with Crippen LogP contribution < -0.4 is 0 Å². The zero-order valence-corrected chi connectivity index (χ0v) is 24.3. The minimum absolute atomic E-state index is 0.927. The summed E-state index contributed by atoms with van der Waals surface area (Å²) < 4.78 is 2.37. The van der Waals surface area contributed by atoms with Crippen LogP contribution in [0, 0.1) is 0 Å². The minimum atomic E-state index is 0.927. The van der Waals surface area contributed by atoms with E-state index in [1.54, 1.807) is 0 Å². The third-order valence-corrected chi connectivity index (χ3v) is 9.39. The molecule has 0 bridgehead atoms. The van der Waals surface area contributed by atoms with Crippen molar-refractivity contribution in [3.8, 4) is 16.9 Å². The van der Waals surface area contributed by atoms with E-state index in [-0.39, 0.29) is 0 Å². The van der Waals surface area contributed by atoms with Crippen LogP contribution in [0.15, 0.2) is 152 Å². The van der Waals surface area contributed by atoms with Gasteiger partial charge in [0.15, 0.2) is 0 Å². The van der Waals surface area contributed by atoms with Crippen LogP contribution in [0.4, 0.5) is 0 Å². The first-order valence-electron chi connectivity index (χ1n) is 15.3. The zero-order chi connectivity index (χ0) is 29.5. The molecule has 45 heavy (non-hydrogen) atoms. The van der Waals surface area contributed by atoms with Gasteiger partial charge < -0.3 is 4.57 Å². The SMILES string of the molecule is c1ccc(-c2ccc3ccc4c(ncc5c4c4ccccc4n5-c4ccc5c6ccccc6c6ccccc6c5c4)c3n2)cc1. The number of aromatic nitrogens is 3. The Labute approximate surface area is 258 Å². The van der Waals surface area contributed by atoms with Crippen molar-refractivity contribution in [1.82, 2.24) is 14.5 Å². The van der Waals surface area contributed by atoms with Gasteiger partial charge in [-0.15, -0.1) is 0 Å². The molecule has 0 aliphatic rings. The summed E-state index contributed by atoms with van der Waals surface area (Å²) in [5.74, 6) is 0. The molecule has 0 unspecified atom stereocenters. The summed E-state index contributed by atoms with van der Waals surface area (Å²) in [6, 6.07) is 52.1. The summed E-state index contributed by atoms with van der Waals surface area (Å²) in [5.41, 5.74) is 7.29. The molecule has 0 saturated carbocycles. The Bertz CT molecular complexity index is 2780. The minimum Gasteiger partial charge on any atom is -0.308 e. The van der Waals surface area contributed by atoms with Crippen LogP contribution in [0.25, 0.3) is 92.9 Å². The lowest BCUT2D eigenvalue weighted by atomic mass is 9.94. The molecule has 0 saturated heterocycles. The molecule has 0 aliphatic carbocycles. The van der Waals surface area contributed by atoms with Crippen molar-refractivity contribution >= 4 is 75.9 Å². The lowest BCUT2D eigenvalue weighted by Gasteiger charge is -2.14. The summed E-state index contributed by atoms with van der Waals surface area (Å²) in [6.45, 7) is 0. The number of pyridine rings is 2. The molecule has 0 atom stereocenters. The quantitative estimate of drug-likeness (QED) is 0.193. The van der Waals surface area contributed by atoms with E-state index in [2.05, 4.69) is 144 Å². The highest BCUT2D eigenvalue weighted by Crippen LogP contribution is 2.40. The summed E-state index contributed by atoms with van der Waals surface area (Å²) in [6.07, 6.45) is 2.04. The predicted molar refractivity (Wildman–Crippen MR) is 189 cm³/mol. The van der Waals surface area contributed by atoms with Gasteiger partial charge in [-0.2, -0.15) is 0 Å². The van der Waals surface area contributed by atoms with Crippen molar-refractivity contribution in [3.63, 3.8) is 0 Å². The molecule has 10 aromatic rings. The smallest absolute Gasteiger partial charge is 0.0972 e. The van der Waals surface area contributed by atoms with E-state index in [9.17, 15) is 0 Å². The number of hydrogen-bond acceptors (Lipinski definition) is 2. The molecule has 3 nitrogen and oxygen atoms in total. The van der Waals surface area contributed by atoms with E-state index in [4.69, 9.17) is 9.97 Å². The fraction of sp³-hybridized carbons (Fsp3) is 0. The molecule has 7 aromatic carbocycles. The number of benzene rings is 7. The Morgan fingerprint density at radius 3 is 1.78 bits per heavy atom. The fourth-order valence-electron chi connectivity index (χ4n) is 7.38. The Hall–Kier alpha value is -6.06. The van der Waals surface area contributed by atoms with Crippen molar-refractivity contribution in [2.45, 2.75) is 0 Å². The monoisotopic (exact) mass is 571 g/mol. The topological polar surface area (TPSA) is 30.7 Å². The molecular formula is C42H25N3. The number of nitrogens with zero attached hydrogens (tertiary/aromatic N) is 3. The van der Waals surface area contributed by atoms with Crippen LogP contribution in [0.2, 0.25) is 0 Å². The Morgan fingerprint density at radius 2 is 1.02 bits per heavy atom. The van der Waals surface area contributed by atoms with Crippen molar-refractivity contribution in [1.29, 1.82) is 0 Å². The van der Waals surface area contributed by atoms with Crippen molar-refractivity contribution in [2.75, 3.05) is 0 Å². The largest absolute Gasteiger partial charge is 0.308 e. The molecule has 3 aromatic heterocycles. The second-order valence-corrected chi connectivity index (χ2v) is 11.8. The van der Waals surface area contributed by atoms with Gasteiger partial charge in [0.2, 0.25) is 0 Å². The van der Waals surface area contributed by atoms with Crippen LogP contribution in [0.1, 0.15) is 0 Å². The molecule has 0 aliphatic heterocycles. The number of para-hydroxylation sites is 1. The van der Waals surface area contributed by atoms with E-state index < -0.39 is 0 Å². The van der Waals surface area contributed by atoms with Crippen molar-refractivity contribution in [3.05, 3.63) is 152 Å². The highest BCUT2D eigenvalue weighted by molar-refractivity contribution is 6.26. The molecular weight excluding hydrogens is 546 g/mol. The number of rotatable bonds is 2. The van der Waals surface area contributed by atoms with E-state index >= 15 is 0 Å². The second kappa shape index (κ2) is 9.22. The van der Waals surface area contributed by atoms with E-state index in [1.165, 1.54) is 43.1 Å². The maximum absolute atomic E-state index is 5.14. The van der Waals surface area contributed by atoms with Gasteiger partial charge in [-0.3, -0.25) is 4.98 Å². The van der Waals surface area contributed by atoms with Gasteiger partial charge >= 0.3 is 0 Å².